The molecular weight excluding hydrogens is 416 g/mol. The lowest BCUT2D eigenvalue weighted by Crippen LogP contribution is -2.38. The normalized spacial score (nSPS) is 16.5. The number of hydrogen-bond donors (Lipinski definition) is 2. The van der Waals surface area contributed by atoms with E-state index in [9.17, 15) is 4.79 Å². The van der Waals surface area contributed by atoms with Crippen LogP contribution in [-0.4, -0.2) is 71.6 Å². The van der Waals surface area contributed by atoms with Crippen LogP contribution in [0.1, 0.15) is 50.0 Å². The smallest absolute Gasteiger partial charge is 0.248 e. The Bertz CT molecular complexity index is 977. The number of carbonyl (C=O) groups excluding carboxylic acids is 1. The molecular formula is C24H38N8O. The molecule has 33 heavy (non-hydrogen) atoms. The minimum atomic E-state index is -0.470. The van der Waals surface area contributed by atoms with Gasteiger partial charge in [-0.3, -0.25) is 9.69 Å². The van der Waals surface area contributed by atoms with Crippen LogP contribution in [-0.2, 0) is 0 Å². The third-order valence-corrected chi connectivity index (χ3v) is 6.15. The van der Waals surface area contributed by atoms with Crippen molar-refractivity contribution < 1.29 is 4.79 Å². The molecule has 0 saturated carbocycles. The molecule has 9 nitrogen and oxygen atoms in total. The molecule has 1 unspecified atom stereocenters. The number of primary amides is 1. The lowest BCUT2D eigenvalue weighted by Gasteiger charge is -2.28. The first-order valence-corrected chi connectivity index (χ1v) is 11.7. The summed E-state index contributed by atoms with van der Waals surface area (Å²) in [6.07, 6.45) is 1.07. The Morgan fingerprint density at radius 1 is 1.18 bits per heavy atom. The Morgan fingerprint density at radius 2 is 1.88 bits per heavy atom. The van der Waals surface area contributed by atoms with Crippen LogP contribution in [0.25, 0.3) is 0 Å². The molecule has 1 aliphatic heterocycles. The molecule has 0 bridgehead atoms. The number of nitrogens with zero attached hydrogens (tertiary/aromatic N) is 6. The van der Waals surface area contributed by atoms with Gasteiger partial charge in [0, 0.05) is 57.1 Å². The van der Waals surface area contributed by atoms with E-state index in [0.29, 0.717) is 41.4 Å². The van der Waals surface area contributed by atoms with E-state index in [2.05, 4.69) is 59.7 Å². The zero-order valence-corrected chi connectivity index (χ0v) is 21.0. The molecule has 1 aromatic heterocycles. The maximum absolute atomic E-state index is 11.7. The number of likely N-dealkylation sites (N-methyl/N-ethyl adjacent to an activating group) is 1. The second-order valence-corrected chi connectivity index (χ2v) is 9.69. The van der Waals surface area contributed by atoms with Gasteiger partial charge in [0.15, 0.2) is 0 Å². The number of carbonyl (C=O) groups is 1. The van der Waals surface area contributed by atoms with Crippen molar-refractivity contribution in [2.45, 2.75) is 53.1 Å². The van der Waals surface area contributed by atoms with Crippen molar-refractivity contribution in [1.29, 1.82) is 0 Å². The van der Waals surface area contributed by atoms with Crippen molar-refractivity contribution in [3.63, 3.8) is 0 Å². The fraction of sp³-hybridized carbons (Fsp3) is 0.583. The van der Waals surface area contributed by atoms with E-state index in [4.69, 9.17) is 15.7 Å². The summed E-state index contributed by atoms with van der Waals surface area (Å²) in [6, 6.07) is 6.18. The van der Waals surface area contributed by atoms with Crippen LogP contribution < -0.4 is 20.9 Å². The Morgan fingerprint density at radius 3 is 2.48 bits per heavy atom. The molecule has 0 radical (unpaired) electrons. The zero-order chi connectivity index (χ0) is 24.3. The lowest BCUT2D eigenvalue weighted by molar-refractivity contribution is 0.100. The van der Waals surface area contributed by atoms with Gasteiger partial charge in [0.25, 0.3) is 0 Å². The third-order valence-electron chi connectivity index (χ3n) is 6.15. The van der Waals surface area contributed by atoms with Crippen LogP contribution in [0.2, 0.25) is 0 Å². The molecule has 1 amide bonds. The first-order valence-electron chi connectivity index (χ1n) is 11.7. The van der Waals surface area contributed by atoms with Crippen LogP contribution in [0.3, 0.4) is 0 Å². The number of aryl methyl sites for hydroxylation is 1. The number of amides is 1. The maximum Gasteiger partial charge on any atom is 0.248 e. The minimum absolute atomic E-state index is 0.339. The first-order chi connectivity index (χ1) is 15.5. The van der Waals surface area contributed by atoms with Crippen molar-refractivity contribution in [3.05, 3.63) is 29.3 Å². The quantitative estimate of drug-likeness (QED) is 0.596. The van der Waals surface area contributed by atoms with Crippen LogP contribution in [0, 0.1) is 12.8 Å². The van der Waals surface area contributed by atoms with E-state index < -0.39 is 5.91 Å². The average Bonchev–Trinajstić information content (AvgIpc) is 3.24. The van der Waals surface area contributed by atoms with Gasteiger partial charge in [0.05, 0.1) is 0 Å². The third kappa shape index (κ3) is 6.10. The molecule has 1 atom stereocenters. The topological polar surface area (TPSA) is 104 Å². The van der Waals surface area contributed by atoms with Crippen molar-refractivity contribution in [2.24, 2.45) is 11.7 Å². The second kappa shape index (κ2) is 10.3. The zero-order valence-electron chi connectivity index (χ0n) is 21.0. The van der Waals surface area contributed by atoms with E-state index in [0.717, 1.165) is 37.3 Å². The predicted molar refractivity (Wildman–Crippen MR) is 134 cm³/mol. The molecule has 0 aliphatic carbocycles. The monoisotopic (exact) mass is 454 g/mol. The van der Waals surface area contributed by atoms with Gasteiger partial charge in [-0.15, -0.1) is 0 Å². The Labute approximate surface area is 197 Å². The Hall–Kier alpha value is -2.94. The molecule has 2 heterocycles. The second-order valence-electron chi connectivity index (χ2n) is 9.69. The standard InChI is InChI=1S/C24H38N8O/c1-15(2)13-30(6)23-27-22(26-20-12-18(21(25)33)9-8-17(20)5)28-24(29-23)31(7)19-10-11-32(14-19)16(3)4/h8-9,12,15-16,19H,10-11,13-14H2,1-7H3,(H2,25,33)(H,26,27,28,29). The highest BCUT2D eigenvalue weighted by atomic mass is 16.1. The molecule has 0 spiro atoms. The van der Waals surface area contributed by atoms with Gasteiger partial charge in [-0.05, 0) is 50.8 Å². The number of nitrogens with one attached hydrogen (secondary N) is 1. The number of nitrogens with two attached hydrogens (primary N) is 1. The van der Waals surface area contributed by atoms with Gasteiger partial charge < -0.3 is 20.9 Å². The summed E-state index contributed by atoms with van der Waals surface area (Å²) in [5, 5.41) is 3.30. The summed E-state index contributed by atoms with van der Waals surface area (Å²) in [6.45, 7) is 13.6. The molecule has 1 aliphatic rings. The molecule has 180 valence electrons. The molecule has 1 saturated heterocycles. The molecule has 3 N–H and O–H groups in total. The van der Waals surface area contributed by atoms with Crippen LogP contribution in [0.15, 0.2) is 18.2 Å². The van der Waals surface area contributed by atoms with Crippen LogP contribution >= 0.6 is 0 Å². The number of benzene rings is 1. The Kier molecular flexibility index (Phi) is 7.73. The van der Waals surface area contributed by atoms with Crippen molar-refractivity contribution in [1.82, 2.24) is 19.9 Å². The molecule has 9 heteroatoms. The van der Waals surface area contributed by atoms with E-state index in [1.165, 1.54) is 0 Å². The van der Waals surface area contributed by atoms with E-state index in [1.807, 2.05) is 20.0 Å². The van der Waals surface area contributed by atoms with Crippen LogP contribution in [0.4, 0.5) is 23.5 Å². The highest BCUT2D eigenvalue weighted by Crippen LogP contribution is 2.25. The summed E-state index contributed by atoms with van der Waals surface area (Å²) in [4.78, 5) is 32.6. The number of hydrogen-bond acceptors (Lipinski definition) is 8. The number of aromatic nitrogens is 3. The summed E-state index contributed by atoms with van der Waals surface area (Å²) >= 11 is 0. The summed E-state index contributed by atoms with van der Waals surface area (Å²) < 4.78 is 0. The Balaban J connectivity index is 1.95. The molecule has 1 aromatic carbocycles. The molecule has 2 aromatic rings. The van der Waals surface area contributed by atoms with Gasteiger partial charge >= 0.3 is 0 Å². The summed E-state index contributed by atoms with van der Waals surface area (Å²) in [5.74, 6) is 1.69. The van der Waals surface area contributed by atoms with Gasteiger partial charge in [-0.2, -0.15) is 15.0 Å². The molecule has 3 rings (SSSR count). The highest BCUT2D eigenvalue weighted by Gasteiger charge is 2.29. The van der Waals surface area contributed by atoms with E-state index in [-0.39, 0.29) is 0 Å². The maximum atomic E-state index is 11.7. The summed E-state index contributed by atoms with van der Waals surface area (Å²) in [7, 11) is 4.05. The van der Waals surface area contributed by atoms with E-state index >= 15 is 0 Å². The van der Waals surface area contributed by atoms with Gasteiger partial charge in [-0.1, -0.05) is 19.9 Å². The fourth-order valence-electron chi connectivity index (χ4n) is 4.11. The lowest BCUT2D eigenvalue weighted by atomic mass is 10.1. The SMILES string of the molecule is Cc1ccc(C(N)=O)cc1Nc1nc(N(C)CC(C)C)nc(N(C)C2CCN(C(C)C)C2)n1. The van der Waals surface area contributed by atoms with Gasteiger partial charge in [0.1, 0.15) is 0 Å². The fourth-order valence-corrected chi connectivity index (χ4v) is 4.11. The average molecular weight is 455 g/mol. The van der Waals surface area contributed by atoms with Crippen molar-refractivity contribution in [3.8, 4) is 0 Å². The summed E-state index contributed by atoms with van der Waals surface area (Å²) in [5.41, 5.74) is 7.63. The number of likely N-dealkylation sites (tertiary alicyclic amines) is 1. The predicted octanol–water partition coefficient (Wildman–Crippen LogP) is 3.03. The highest BCUT2D eigenvalue weighted by molar-refractivity contribution is 5.94. The van der Waals surface area contributed by atoms with Gasteiger partial charge in [0.2, 0.25) is 23.8 Å². The molecule has 1 fully saturated rings. The van der Waals surface area contributed by atoms with Crippen LogP contribution in [0.5, 0.6) is 0 Å². The van der Waals surface area contributed by atoms with Crippen molar-refractivity contribution >= 4 is 29.4 Å². The number of anilines is 4. The number of rotatable bonds is 9. The minimum Gasteiger partial charge on any atom is -0.366 e. The largest absolute Gasteiger partial charge is 0.366 e. The van der Waals surface area contributed by atoms with Gasteiger partial charge in [-0.25, -0.2) is 0 Å². The first kappa shape index (κ1) is 24.7. The van der Waals surface area contributed by atoms with Crippen molar-refractivity contribution in [2.75, 3.05) is 48.8 Å². The van der Waals surface area contributed by atoms with E-state index in [1.54, 1.807) is 12.1 Å².